The van der Waals surface area contributed by atoms with Gasteiger partial charge >= 0.3 is 6.03 Å². The lowest BCUT2D eigenvalue weighted by Gasteiger charge is -2.19. The Labute approximate surface area is 126 Å². The lowest BCUT2D eigenvalue weighted by molar-refractivity contribution is -0.308. The minimum atomic E-state index is -1.30. The van der Waals surface area contributed by atoms with Crippen molar-refractivity contribution in [2.45, 2.75) is 12.5 Å². The van der Waals surface area contributed by atoms with E-state index in [0.717, 1.165) is 0 Å². The van der Waals surface area contributed by atoms with Crippen LogP contribution >= 0.6 is 11.8 Å². The fraction of sp³-hybridized carbons (Fsp3) is 0.385. The molecule has 1 aromatic carbocycles. The molecule has 2 amide bonds. The molecule has 1 aliphatic rings. The maximum Gasteiger partial charge on any atom is 0.319 e. The van der Waals surface area contributed by atoms with Crippen molar-refractivity contribution in [1.29, 1.82) is 0 Å². The topological polar surface area (TPSA) is 99.7 Å². The van der Waals surface area contributed by atoms with Gasteiger partial charge in [-0.15, -0.1) is 0 Å². The van der Waals surface area contributed by atoms with E-state index >= 15 is 0 Å². The SMILES string of the molecule is CSCC[C@H](NC(=O)Nc1ccc2c(c1)OCO2)C(=O)[O-]. The zero-order valence-electron chi connectivity index (χ0n) is 11.4. The number of benzene rings is 1. The number of carbonyl (C=O) groups excluding carboxylic acids is 2. The van der Waals surface area contributed by atoms with E-state index in [9.17, 15) is 14.7 Å². The van der Waals surface area contributed by atoms with Gasteiger partial charge in [0.2, 0.25) is 6.79 Å². The average molecular weight is 311 g/mol. The summed E-state index contributed by atoms with van der Waals surface area (Å²) in [5, 5.41) is 15.9. The number of thioether (sulfide) groups is 1. The molecule has 7 nitrogen and oxygen atoms in total. The molecular weight excluding hydrogens is 296 g/mol. The monoisotopic (exact) mass is 311 g/mol. The third-order valence-corrected chi connectivity index (χ3v) is 3.47. The van der Waals surface area contributed by atoms with E-state index < -0.39 is 18.0 Å². The molecule has 21 heavy (non-hydrogen) atoms. The number of carboxylic acids is 1. The smallest absolute Gasteiger partial charge is 0.319 e. The van der Waals surface area contributed by atoms with Gasteiger partial charge in [-0.05, 0) is 30.6 Å². The molecule has 2 N–H and O–H groups in total. The standard InChI is InChI=1S/C13H16N2O5S/c1-21-5-4-9(12(16)17)15-13(18)14-8-2-3-10-11(6-8)20-7-19-10/h2-3,6,9H,4-5,7H2,1H3,(H,16,17)(H2,14,15,18)/p-1/t9-/m0/s1. The number of carboxylic acid groups (broad SMARTS) is 1. The Kier molecular flexibility index (Phi) is 5.15. The molecule has 114 valence electrons. The van der Waals surface area contributed by atoms with Crippen LogP contribution in [0.5, 0.6) is 11.5 Å². The van der Waals surface area contributed by atoms with Crippen LogP contribution in [0.1, 0.15) is 6.42 Å². The molecule has 1 aliphatic heterocycles. The van der Waals surface area contributed by atoms with Gasteiger partial charge in [0.1, 0.15) is 0 Å². The van der Waals surface area contributed by atoms with Gasteiger partial charge in [-0.1, -0.05) is 0 Å². The van der Waals surface area contributed by atoms with E-state index in [2.05, 4.69) is 10.6 Å². The number of rotatable bonds is 6. The Hall–Kier alpha value is -2.09. The number of hydrogen-bond acceptors (Lipinski definition) is 6. The van der Waals surface area contributed by atoms with E-state index in [4.69, 9.17) is 9.47 Å². The molecule has 1 atom stereocenters. The molecule has 0 unspecified atom stereocenters. The molecule has 0 spiro atoms. The number of fused-ring (bicyclic) bond motifs is 1. The van der Waals surface area contributed by atoms with Crippen LogP contribution < -0.4 is 25.2 Å². The van der Waals surface area contributed by atoms with Crippen LogP contribution in [0.25, 0.3) is 0 Å². The lowest BCUT2D eigenvalue weighted by Crippen LogP contribution is -2.49. The second kappa shape index (κ2) is 7.07. The Bertz CT molecular complexity index is 537. The molecule has 0 saturated heterocycles. The molecule has 8 heteroatoms. The second-order valence-electron chi connectivity index (χ2n) is 4.32. The molecule has 1 aromatic rings. The van der Waals surface area contributed by atoms with Gasteiger partial charge < -0.3 is 30.0 Å². The third-order valence-electron chi connectivity index (χ3n) is 2.83. The highest BCUT2D eigenvalue weighted by Gasteiger charge is 2.16. The summed E-state index contributed by atoms with van der Waals surface area (Å²) < 4.78 is 10.4. The van der Waals surface area contributed by atoms with Gasteiger partial charge in [-0.3, -0.25) is 0 Å². The number of ether oxygens (including phenoxy) is 2. The molecule has 0 fully saturated rings. The maximum absolute atomic E-state index is 11.8. The second-order valence-corrected chi connectivity index (χ2v) is 5.31. The van der Waals surface area contributed by atoms with Crippen LogP contribution in [-0.2, 0) is 4.79 Å². The predicted molar refractivity (Wildman–Crippen MR) is 76.5 cm³/mol. The highest BCUT2D eigenvalue weighted by molar-refractivity contribution is 7.98. The first-order chi connectivity index (χ1) is 10.1. The Morgan fingerprint density at radius 1 is 1.38 bits per heavy atom. The van der Waals surface area contributed by atoms with Gasteiger partial charge in [0.05, 0.1) is 12.0 Å². The number of urea groups is 1. The number of carbonyl (C=O) groups is 2. The van der Waals surface area contributed by atoms with Crippen LogP contribution in [0.4, 0.5) is 10.5 Å². The Balaban J connectivity index is 1.92. The quantitative estimate of drug-likeness (QED) is 0.789. The largest absolute Gasteiger partial charge is 0.548 e. The average Bonchev–Trinajstić information content (AvgIpc) is 2.90. The van der Waals surface area contributed by atoms with Crippen molar-refractivity contribution in [2.24, 2.45) is 0 Å². The fourth-order valence-electron chi connectivity index (χ4n) is 1.78. The van der Waals surface area contributed by atoms with E-state index in [1.165, 1.54) is 11.8 Å². The van der Waals surface area contributed by atoms with Crippen LogP contribution in [0.15, 0.2) is 18.2 Å². The summed E-state index contributed by atoms with van der Waals surface area (Å²) in [6.07, 6.45) is 2.16. The summed E-state index contributed by atoms with van der Waals surface area (Å²) in [6.45, 7) is 0.145. The highest BCUT2D eigenvalue weighted by Crippen LogP contribution is 2.34. The van der Waals surface area contributed by atoms with Crippen molar-refractivity contribution in [3.63, 3.8) is 0 Å². The van der Waals surface area contributed by atoms with Crippen LogP contribution in [0.2, 0.25) is 0 Å². The van der Waals surface area contributed by atoms with Gasteiger partial charge in [0.15, 0.2) is 11.5 Å². The Morgan fingerprint density at radius 3 is 2.86 bits per heavy atom. The minimum Gasteiger partial charge on any atom is -0.548 e. The summed E-state index contributed by atoms with van der Waals surface area (Å²) in [5.74, 6) is 0.452. The van der Waals surface area contributed by atoms with Crippen LogP contribution in [-0.4, -0.2) is 36.8 Å². The van der Waals surface area contributed by atoms with E-state index in [1.54, 1.807) is 18.2 Å². The molecule has 2 rings (SSSR count). The Morgan fingerprint density at radius 2 is 2.14 bits per heavy atom. The number of anilines is 1. The molecule has 0 saturated carbocycles. The van der Waals surface area contributed by atoms with Gasteiger partial charge in [-0.2, -0.15) is 11.8 Å². The molecular formula is C13H15N2O5S-. The van der Waals surface area contributed by atoms with E-state index in [-0.39, 0.29) is 6.79 Å². The van der Waals surface area contributed by atoms with Crippen molar-refractivity contribution in [3.05, 3.63) is 18.2 Å². The first-order valence-electron chi connectivity index (χ1n) is 6.27. The van der Waals surface area contributed by atoms with Gasteiger partial charge in [0.25, 0.3) is 0 Å². The van der Waals surface area contributed by atoms with Crippen molar-refractivity contribution >= 4 is 29.4 Å². The third kappa shape index (κ3) is 4.19. The van der Waals surface area contributed by atoms with Crippen LogP contribution in [0.3, 0.4) is 0 Å². The molecule has 0 radical (unpaired) electrons. The van der Waals surface area contributed by atoms with Gasteiger partial charge in [-0.25, -0.2) is 4.79 Å². The van der Waals surface area contributed by atoms with Crippen molar-refractivity contribution in [2.75, 3.05) is 24.1 Å². The first-order valence-corrected chi connectivity index (χ1v) is 7.66. The zero-order chi connectivity index (χ0) is 15.2. The summed E-state index contributed by atoms with van der Waals surface area (Å²) >= 11 is 1.50. The summed E-state index contributed by atoms with van der Waals surface area (Å²) in [6, 6.07) is 3.29. The molecule has 0 aromatic heterocycles. The molecule has 0 bridgehead atoms. The summed E-state index contributed by atoms with van der Waals surface area (Å²) in [5.41, 5.74) is 0.485. The van der Waals surface area contributed by atoms with Crippen molar-refractivity contribution in [1.82, 2.24) is 5.32 Å². The van der Waals surface area contributed by atoms with Crippen molar-refractivity contribution in [3.8, 4) is 11.5 Å². The minimum absolute atomic E-state index is 0.145. The van der Waals surface area contributed by atoms with Crippen LogP contribution in [0, 0.1) is 0 Å². The molecule has 0 aliphatic carbocycles. The van der Waals surface area contributed by atoms with Crippen molar-refractivity contribution < 1.29 is 24.2 Å². The first kappa shape index (κ1) is 15.3. The summed E-state index contributed by atoms with van der Waals surface area (Å²) in [7, 11) is 0. The van der Waals surface area contributed by atoms with E-state index in [0.29, 0.717) is 29.4 Å². The van der Waals surface area contributed by atoms with E-state index in [1.807, 2.05) is 6.26 Å². The normalized spacial score (nSPS) is 13.6. The lowest BCUT2D eigenvalue weighted by atomic mass is 10.2. The predicted octanol–water partition coefficient (Wildman–Crippen LogP) is 0.408. The number of nitrogens with one attached hydrogen (secondary N) is 2. The number of aliphatic carboxylic acids is 1. The number of hydrogen-bond donors (Lipinski definition) is 2. The molecule has 1 heterocycles. The number of amides is 2. The zero-order valence-corrected chi connectivity index (χ0v) is 12.2. The highest BCUT2D eigenvalue weighted by atomic mass is 32.2. The summed E-state index contributed by atoms with van der Waals surface area (Å²) in [4.78, 5) is 22.7. The fourth-order valence-corrected chi connectivity index (χ4v) is 2.26. The van der Waals surface area contributed by atoms with Gasteiger partial charge in [0, 0.05) is 11.8 Å². The maximum atomic E-state index is 11.8.